The van der Waals surface area contributed by atoms with Crippen LogP contribution in [-0.4, -0.2) is 54.5 Å². The van der Waals surface area contributed by atoms with Crippen LogP contribution in [0.3, 0.4) is 0 Å². The van der Waals surface area contributed by atoms with E-state index in [1.54, 1.807) is 12.2 Å². The van der Waals surface area contributed by atoms with Gasteiger partial charge in [0.1, 0.15) is 11.9 Å². The van der Waals surface area contributed by atoms with E-state index in [1.165, 1.54) is 0 Å². The molecule has 2 aliphatic rings. The fourth-order valence-corrected chi connectivity index (χ4v) is 4.28. The lowest BCUT2D eigenvalue weighted by Gasteiger charge is -2.49. The van der Waals surface area contributed by atoms with Crippen molar-refractivity contribution in [1.29, 1.82) is 0 Å². The van der Waals surface area contributed by atoms with Crippen LogP contribution < -0.4 is 4.90 Å². The quantitative estimate of drug-likeness (QED) is 0.612. The van der Waals surface area contributed by atoms with Gasteiger partial charge >= 0.3 is 0 Å². The molecule has 0 aromatic heterocycles. The summed E-state index contributed by atoms with van der Waals surface area (Å²) in [5.74, 6) is 0.233. The van der Waals surface area contributed by atoms with Crippen LogP contribution in [0.5, 0.6) is 0 Å². The highest BCUT2D eigenvalue weighted by Gasteiger charge is 2.45. The van der Waals surface area contributed by atoms with Crippen molar-refractivity contribution in [1.82, 2.24) is 4.90 Å². The number of morpholine rings is 1. The maximum absolute atomic E-state index is 12.7. The molecule has 160 valence electrons. The van der Waals surface area contributed by atoms with Crippen LogP contribution in [0.15, 0.2) is 67.3 Å². The van der Waals surface area contributed by atoms with Crippen molar-refractivity contribution in [3.05, 3.63) is 67.3 Å². The number of ketones is 1. The average Bonchev–Trinajstić information content (AvgIpc) is 2.76. The van der Waals surface area contributed by atoms with Crippen molar-refractivity contribution in [2.45, 2.75) is 44.3 Å². The topological polar surface area (TPSA) is 49.9 Å². The second-order valence-electron chi connectivity index (χ2n) is 8.19. The van der Waals surface area contributed by atoms with E-state index in [2.05, 4.69) is 18.1 Å². The number of hydrogen-bond acceptors (Lipinski definition) is 4. The molecule has 0 saturated carbocycles. The minimum atomic E-state index is -0.443. The van der Waals surface area contributed by atoms with E-state index in [4.69, 9.17) is 4.74 Å². The van der Waals surface area contributed by atoms with E-state index in [9.17, 15) is 9.59 Å². The molecule has 0 radical (unpaired) electrons. The molecule has 2 aliphatic heterocycles. The van der Waals surface area contributed by atoms with Gasteiger partial charge in [-0.25, -0.2) is 0 Å². The highest BCUT2D eigenvalue weighted by molar-refractivity contribution is 5.97. The van der Waals surface area contributed by atoms with Gasteiger partial charge in [-0.05, 0) is 37.5 Å². The summed E-state index contributed by atoms with van der Waals surface area (Å²) in [6.45, 7) is 12.3. The Hall–Kier alpha value is -2.50. The molecule has 2 fully saturated rings. The van der Waals surface area contributed by atoms with Gasteiger partial charge in [0.05, 0.1) is 12.1 Å². The highest BCUT2D eigenvalue weighted by Crippen LogP contribution is 2.35. The standard InChI is InChI=1S/C25H32N2O3/c1-4-9-21(5-2)18-23(28)12-15-26-16-13-25(14-17-26)19-27(24(29)20(3)30-25)22-10-7-6-8-11-22/h4-11,20H,1-2,12-19H2,3H3/b21-9+. The lowest BCUT2D eigenvalue weighted by atomic mass is 9.88. The van der Waals surface area contributed by atoms with Gasteiger partial charge in [0.2, 0.25) is 0 Å². The van der Waals surface area contributed by atoms with Crippen molar-refractivity contribution in [2.75, 3.05) is 31.1 Å². The predicted octanol–water partition coefficient (Wildman–Crippen LogP) is 3.92. The van der Waals surface area contributed by atoms with Gasteiger partial charge in [-0.2, -0.15) is 0 Å². The second kappa shape index (κ2) is 10.0. The van der Waals surface area contributed by atoms with Crippen molar-refractivity contribution in [3.63, 3.8) is 0 Å². The first-order valence-electron chi connectivity index (χ1n) is 10.7. The van der Waals surface area contributed by atoms with Gasteiger partial charge in [-0.1, -0.05) is 49.6 Å². The number of carbonyl (C=O) groups excluding carboxylic acids is 2. The molecular formula is C25H32N2O3. The average molecular weight is 409 g/mol. The Morgan fingerprint density at radius 2 is 1.93 bits per heavy atom. The third kappa shape index (κ3) is 5.35. The zero-order valence-electron chi connectivity index (χ0n) is 17.9. The molecule has 2 saturated heterocycles. The van der Waals surface area contributed by atoms with Gasteiger partial charge in [-0.15, -0.1) is 0 Å². The Kier molecular flexibility index (Phi) is 7.40. The number of anilines is 1. The van der Waals surface area contributed by atoms with Crippen LogP contribution in [0, 0.1) is 0 Å². The Balaban J connectivity index is 1.54. The van der Waals surface area contributed by atoms with Gasteiger partial charge in [0.15, 0.2) is 0 Å². The molecule has 0 N–H and O–H groups in total. The zero-order chi connectivity index (χ0) is 21.6. The Bertz CT molecular complexity index is 807. The predicted molar refractivity (Wildman–Crippen MR) is 120 cm³/mol. The van der Waals surface area contributed by atoms with Gasteiger partial charge < -0.3 is 14.5 Å². The number of rotatable bonds is 8. The fraction of sp³-hybridized carbons (Fsp3) is 0.440. The van der Waals surface area contributed by atoms with E-state index in [0.29, 0.717) is 19.4 Å². The summed E-state index contributed by atoms with van der Waals surface area (Å²) in [6, 6.07) is 9.82. The van der Waals surface area contributed by atoms with E-state index in [1.807, 2.05) is 48.2 Å². The number of hydrogen-bond donors (Lipinski definition) is 0. The normalized spacial score (nSPS) is 22.2. The minimum Gasteiger partial charge on any atom is -0.360 e. The summed E-state index contributed by atoms with van der Waals surface area (Å²) in [5.41, 5.74) is 1.52. The number of piperidine rings is 1. The molecule has 1 spiro atoms. The Labute approximate surface area is 179 Å². The zero-order valence-corrected chi connectivity index (χ0v) is 17.9. The molecular weight excluding hydrogens is 376 g/mol. The number of benzene rings is 1. The molecule has 1 amide bonds. The summed E-state index contributed by atoms with van der Waals surface area (Å²) in [5, 5.41) is 0. The third-order valence-electron chi connectivity index (χ3n) is 6.02. The second-order valence-corrected chi connectivity index (χ2v) is 8.19. The maximum Gasteiger partial charge on any atom is 0.255 e. The SMILES string of the molecule is C=C/C=C(\C=C)CC(=O)CCN1CCC2(CC1)CN(c1ccccc1)C(=O)C(C)O2. The Morgan fingerprint density at radius 3 is 2.57 bits per heavy atom. The van der Waals surface area contributed by atoms with Crippen LogP contribution in [0.25, 0.3) is 0 Å². The number of ether oxygens (including phenoxy) is 1. The molecule has 30 heavy (non-hydrogen) atoms. The summed E-state index contributed by atoms with van der Waals surface area (Å²) in [4.78, 5) is 29.2. The third-order valence-corrected chi connectivity index (χ3v) is 6.02. The van der Waals surface area contributed by atoms with Crippen molar-refractivity contribution >= 4 is 17.4 Å². The summed E-state index contributed by atoms with van der Waals surface area (Å²) in [6.07, 6.45) is 7.43. The van der Waals surface area contributed by atoms with Gasteiger partial charge in [-0.3, -0.25) is 9.59 Å². The Morgan fingerprint density at radius 1 is 1.23 bits per heavy atom. The monoisotopic (exact) mass is 408 g/mol. The summed E-state index contributed by atoms with van der Waals surface area (Å²) in [7, 11) is 0. The molecule has 3 rings (SSSR count). The van der Waals surface area contributed by atoms with Crippen LogP contribution in [0.1, 0.15) is 32.6 Å². The smallest absolute Gasteiger partial charge is 0.255 e. The first-order valence-corrected chi connectivity index (χ1v) is 10.7. The number of amides is 1. The largest absolute Gasteiger partial charge is 0.360 e. The maximum atomic E-state index is 12.7. The number of nitrogens with zero attached hydrogens (tertiary/aromatic N) is 2. The van der Waals surface area contributed by atoms with Crippen LogP contribution >= 0.6 is 0 Å². The number of para-hydroxylation sites is 1. The highest BCUT2D eigenvalue weighted by atomic mass is 16.5. The van der Waals surface area contributed by atoms with Crippen molar-refractivity contribution in [2.24, 2.45) is 0 Å². The first kappa shape index (κ1) is 22.2. The molecule has 1 aromatic carbocycles. The van der Waals surface area contributed by atoms with E-state index >= 15 is 0 Å². The molecule has 1 aromatic rings. The van der Waals surface area contributed by atoms with E-state index in [-0.39, 0.29) is 17.3 Å². The molecule has 0 bridgehead atoms. The first-order chi connectivity index (χ1) is 14.5. The van der Waals surface area contributed by atoms with Crippen LogP contribution in [0.2, 0.25) is 0 Å². The molecule has 5 nitrogen and oxygen atoms in total. The fourth-order valence-electron chi connectivity index (χ4n) is 4.28. The lowest BCUT2D eigenvalue weighted by Crippen LogP contribution is -2.61. The van der Waals surface area contributed by atoms with Gasteiger partial charge in [0, 0.05) is 38.2 Å². The molecule has 1 atom stereocenters. The lowest BCUT2D eigenvalue weighted by molar-refractivity contribution is -0.161. The molecule has 5 heteroatoms. The van der Waals surface area contributed by atoms with Crippen LogP contribution in [-0.2, 0) is 14.3 Å². The summed E-state index contributed by atoms with van der Waals surface area (Å²) < 4.78 is 6.23. The number of likely N-dealkylation sites (tertiary alicyclic amines) is 1. The summed E-state index contributed by atoms with van der Waals surface area (Å²) >= 11 is 0. The number of Topliss-reactive ketones (excluding diaryl/α,β-unsaturated/α-hetero) is 1. The number of allylic oxidation sites excluding steroid dienone is 4. The molecule has 2 heterocycles. The molecule has 0 aliphatic carbocycles. The van der Waals surface area contributed by atoms with E-state index < -0.39 is 6.10 Å². The minimum absolute atomic E-state index is 0.0189. The van der Waals surface area contributed by atoms with Gasteiger partial charge in [0.25, 0.3) is 5.91 Å². The van der Waals surface area contributed by atoms with Crippen molar-refractivity contribution in [3.8, 4) is 0 Å². The number of carbonyl (C=O) groups is 2. The van der Waals surface area contributed by atoms with E-state index in [0.717, 1.165) is 43.7 Å². The van der Waals surface area contributed by atoms with Crippen LogP contribution in [0.4, 0.5) is 5.69 Å². The molecule has 1 unspecified atom stereocenters. The van der Waals surface area contributed by atoms with Crippen molar-refractivity contribution < 1.29 is 14.3 Å².